The predicted molar refractivity (Wildman–Crippen MR) is 95.9 cm³/mol. The average molecular weight is 306 g/mol. The molecular weight excluding hydrogens is 272 g/mol. The first-order chi connectivity index (χ1) is 10.0. The smallest absolute Gasteiger partial charge is 0.0442 e. The van der Waals surface area contributed by atoms with Crippen molar-refractivity contribution in [1.82, 2.24) is 10.6 Å². The molecule has 126 valence electrons. The second-order valence-electron chi connectivity index (χ2n) is 9.09. The lowest BCUT2D eigenvalue weighted by atomic mass is 9.81. The molecule has 0 unspecified atom stereocenters. The van der Waals surface area contributed by atoms with E-state index < -0.39 is 0 Å². The van der Waals surface area contributed by atoms with Gasteiger partial charge in [0.25, 0.3) is 0 Å². The lowest BCUT2D eigenvalue weighted by molar-refractivity contribution is 0.252. The summed E-state index contributed by atoms with van der Waals surface area (Å²) < 4.78 is 0. The molecule has 2 saturated heterocycles. The quantitative estimate of drug-likeness (QED) is 0.765. The monoisotopic (exact) mass is 306 g/mol. The van der Waals surface area contributed by atoms with Gasteiger partial charge < -0.3 is 10.6 Å². The van der Waals surface area contributed by atoms with Crippen molar-refractivity contribution < 1.29 is 0 Å². The molecule has 0 radical (unpaired) electrons. The summed E-state index contributed by atoms with van der Waals surface area (Å²) >= 11 is 0. The fraction of sp³-hybridized carbons (Fsp3) is 0.889. The highest BCUT2D eigenvalue weighted by molar-refractivity contribution is 5.90. The minimum Gasteiger partial charge on any atom is -0.308 e. The van der Waals surface area contributed by atoms with Crippen LogP contribution in [0.3, 0.4) is 0 Å². The molecule has 2 N–H and O–H groups in total. The largest absolute Gasteiger partial charge is 0.308 e. The van der Waals surface area contributed by atoms with E-state index in [1.54, 1.807) is 0 Å². The van der Waals surface area contributed by atoms with Crippen molar-refractivity contribution in [3.8, 4) is 0 Å². The van der Waals surface area contributed by atoms with Crippen LogP contribution in [-0.4, -0.2) is 34.1 Å². The molecule has 0 saturated carbocycles. The van der Waals surface area contributed by atoms with Crippen LogP contribution < -0.4 is 10.6 Å². The van der Waals surface area contributed by atoms with Gasteiger partial charge in [0.1, 0.15) is 0 Å². The molecule has 22 heavy (non-hydrogen) atoms. The van der Waals surface area contributed by atoms with E-state index in [9.17, 15) is 0 Å². The van der Waals surface area contributed by atoms with E-state index in [0.29, 0.717) is 6.04 Å². The maximum atomic E-state index is 4.67. The van der Waals surface area contributed by atoms with Crippen LogP contribution in [0.25, 0.3) is 0 Å². The Bertz CT molecular complexity index is 453. The van der Waals surface area contributed by atoms with Crippen LogP contribution in [0, 0.1) is 0 Å². The molecule has 4 nitrogen and oxygen atoms in total. The molecule has 0 aromatic rings. The Morgan fingerprint density at radius 1 is 0.864 bits per heavy atom. The summed E-state index contributed by atoms with van der Waals surface area (Å²) in [6, 6.07) is 0.531. The summed E-state index contributed by atoms with van der Waals surface area (Å²) in [5.41, 5.74) is 2.80. The Morgan fingerprint density at radius 3 is 1.91 bits per heavy atom. The van der Waals surface area contributed by atoms with Crippen molar-refractivity contribution in [2.75, 3.05) is 0 Å². The Labute approximate surface area is 136 Å². The maximum absolute atomic E-state index is 4.67. The van der Waals surface area contributed by atoms with Crippen LogP contribution in [0.15, 0.2) is 10.2 Å². The lowest BCUT2D eigenvalue weighted by Gasteiger charge is -2.43. The van der Waals surface area contributed by atoms with Gasteiger partial charge >= 0.3 is 0 Å². The van der Waals surface area contributed by atoms with E-state index in [4.69, 9.17) is 0 Å². The van der Waals surface area contributed by atoms with Gasteiger partial charge in [-0.1, -0.05) is 6.92 Å². The average Bonchev–Trinajstić information content (AvgIpc) is 2.30. The number of piperidine rings is 2. The first-order valence-corrected chi connectivity index (χ1v) is 8.68. The summed E-state index contributed by atoms with van der Waals surface area (Å²) in [6.45, 7) is 15.7. The topological polar surface area (TPSA) is 48.8 Å². The summed E-state index contributed by atoms with van der Waals surface area (Å²) in [4.78, 5) is 0. The number of nitrogens with zero attached hydrogens (tertiary/aromatic N) is 2. The highest BCUT2D eigenvalue weighted by atomic mass is 15.2. The number of hydrogen-bond acceptors (Lipinski definition) is 4. The molecule has 2 aliphatic heterocycles. The first kappa shape index (κ1) is 17.6. The number of nitrogens with one attached hydrogen (secondary N) is 2. The zero-order valence-corrected chi connectivity index (χ0v) is 15.5. The minimum absolute atomic E-state index is 0.0973. The van der Waals surface area contributed by atoms with E-state index in [0.717, 1.165) is 32.1 Å². The SMILES string of the molecule is CC[C@@H]1C/C(=N\N=C2CC(C)(C)NC(C)(C)C2)CC(C)(C)N1. The van der Waals surface area contributed by atoms with Crippen molar-refractivity contribution in [2.45, 2.75) is 103 Å². The highest BCUT2D eigenvalue weighted by Crippen LogP contribution is 2.27. The van der Waals surface area contributed by atoms with Gasteiger partial charge in [-0.3, -0.25) is 0 Å². The Morgan fingerprint density at radius 2 is 1.36 bits per heavy atom. The van der Waals surface area contributed by atoms with Gasteiger partial charge in [0.05, 0.1) is 0 Å². The van der Waals surface area contributed by atoms with E-state index in [-0.39, 0.29) is 16.6 Å². The van der Waals surface area contributed by atoms with Crippen LogP contribution in [0.4, 0.5) is 0 Å². The molecule has 0 aromatic heterocycles. The summed E-state index contributed by atoms with van der Waals surface area (Å²) in [5, 5.41) is 16.7. The molecule has 2 fully saturated rings. The standard InChI is InChI=1S/C18H34N4/c1-8-13-9-14(10-16(2,3)19-13)20-21-15-11-17(4,5)22-18(6,7)12-15/h13,19,22H,8-12H2,1-7H3/b20-14+/t13-/m1/s1. The van der Waals surface area contributed by atoms with E-state index in [1.165, 1.54) is 11.4 Å². The zero-order valence-electron chi connectivity index (χ0n) is 15.5. The molecule has 0 bridgehead atoms. The molecular formula is C18H34N4. The molecule has 0 aliphatic carbocycles. The van der Waals surface area contributed by atoms with Gasteiger partial charge in [0.2, 0.25) is 0 Å². The Kier molecular flexibility index (Phi) is 4.84. The normalized spacial score (nSPS) is 32.0. The van der Waals surface area contributed by atoms with Gasteiger partial charge in [-0.15, -0.1) is 0 Å². The third kappa shape index (κ3) is 4.88. The second-order valence-corrected chi connectivity index (χ2v) is 9.09. The molecule has 4 heteroatoms. The molecule has 0 amide bonds. The molecule has 2 rings (SSSR count). The van der Waals surface area contributed by atoms with Gasteiger partial charge in [-0.05, 0) is 48.0 Å². The predicted octanol–water partition coefficient (Wildman–Crippen LogP) is 3.66. The third-order valence-corrected chi connectivity index (χ3v) is 4.52. The second kappa shape index (κ2) is 6.04. The fourth-order valence-corrected chi connectivity index (χ4v) is 4.14. The van der Waals surface area contributed by atoms with Crippen molar-refractivity contribution in [3.05, 3.63) is 0 Å². The summed E-state index contributed by atoms with van der Waals surface area (Å²) in [5.74, 6) is 0. The zero-order chi connectivity index (χ0) is 16.6. The summed E-state index contributed by atoms with van der Waals surface area (Å²) in [7, 11) is 0. The van der Waals surface area contributed by atoms with Gasteiger partial charge in [0.15, 0.2) is 0 Å². The van der Waals surface area contributed by atoms with E-state index in [1.807, 2.05) is 0 Å². The fourth-order valence-electron chi connectivity index (χ4n) is 4.14. The van der Waals surface area contributed by atoms with Crippen LogP contribution >= 0.6 is 0 Å². The van der Waals surface area contributed by atoms with Crippen LogP contribution in [0.5, 0.6) is 0 Å². The highest BCUT2D eigenvalue weighted by Gasteiger charge is 2.36. The molecule has 2 heterocycles. The van der Waals surface area contributed by atoms with Crippen molar-refractivity contribution >= 4 is 11.4 Å². The van der Waals surface area contributed by atoms with Gasteiger partial charge in [-0.2, -0.15) is 10.2 Å². The molecule has 2 aliphatic rings. The van der Waals surface area contributed by atoms with Crippen LogP contribution in [0.2, 0.25) is 0 Å². The number of hydrogen-bond donors (Lipinski definition) is 2. The molecule has 1 atom stereocenters. The van der Waals surface area contributed by atoms with Gasteiger partial charge in [0, 0.05) is 59.8 Å². The third-order valence-electron chi connectivity index (χ3n) is 4.52. The maximum Gasteiger partial charge on any atom is 0.0442 e. The minimum atomic E-state index is 0.0973. The van der Waals surface area contributed by atoms with Crippen molar-refractivity contribution in [3.63, 3.8) is 0 Å². The van der Waals surface area contributed by atoms with E-state index >= 15 is 0 Å². The van der Waals surface area contributed by atoms with Crippen LogP contribution in [0.1, 0.15) is 80.6 Å². The van der Waals surface area contributed by atoms with Crippen molar-refractivity contribution in [2.24, 2.45) is 10.2 Å². The van der Waals surface area contributed by atoms with E-state index in [2.05, 4.69) is 69.3 Å². The summed E-state index contributed by atoms with van der Waals surface area (Å²) in [6.07, 6.45) is 5.12. The van der Waals surface area contributed by atoms with Crippen LogP contribution in [-0.2, 0) is 0 Å². The first-order valence-electron chi connectivity index (χ1n) is 8.68. The van der Waals surface area contributed by atoms with Gasteiger partial charge in [-0.25, -0.2) is 0 Å². The Hall–Kier alpha value is -0.740. The molecule has 0 spiro atoms. The number of rotatable bonds is 2. The van der Waals surface area contributed by atoms with Crippen molar-refractivity contribution in [1.29, 1.82) is 0 Å². The molecule has 0 aromatic carbocycles. The Balaban J connectivity index is 2.14. The lowest BCUT2D eigenvalue weighted by Crippen LogP contribution is -2.58.